The van der Waals surface area contributed by atoms with Gasteiger partial charge in [0.15, 0.2) is 0 Å². The number of hydrogen-bond acceptors (Lipinski definition) is 6. The number of aromatic nitrogens is 3. The minimum absolute atomic E-state index is 0.103. The Bertz CT molecular complexity index is 638. The normalized spacial score (nSPS) is 10.3. The van der Waals surface area contributed by atoms with Crippen LogP contribution in [0.25, 0.3) is 0 Å². The zero-order valence-electron chi connectivity index (χ0n) is 11.9. The van der Waals surface area contributed by atoms with Crippen molar-refractivity contribution in [1.29, 1.82) is 0 Å². The molecule has 0 bridgehead atoms. The van der Waals surface area contributed by atoms with E-state index in [4.69, 9.17) is 4.74 Å². The van der Waals surface area contributed by atoms with Crippen molar-refractivity contribution in [3.63, 3.8) is 0 Å². The van der Waals surface area contributed by atoms with E-state index >= 15 is 0 Å². The Hall–Kier alpha value is -1.96. The van der Waals surface area contributed by atoms with Gasteiger partial charge >= 0.3 is 6.01 Å². The number of ether oxygens (including phenoxy) is 1. The number of rotatable bonds is 5. The molecule has 112 valence electrons. The number of hydrogen-bond donors (Lipinski definition) is 1. The van der Waals surface area contributed by atoms with Crippen molar-refractivity contribution in [2.45, 2.75) is 6.92 Å². The van der Waals surface area contributed by atoms with Gasteiger partial charge in [-0.05, 0) is 35.0 Å². The molecule has 1 N–H and O–H groups in total. The number of nitrogens with one attached hydrogen (secondary N) is 1. The van der Waals surface area contributed by atoms with Gasteiger partial charge in [0.2, 0.25) is 11.9 Å². The summed E-state index contributed by atoms with van der Waals surface area (Å²) in [5.41, 5.74) is 0. The molecule has 1 heterocycles. The van der Waals surface area contributed by atoms with E-state index in [2.05, 4.69) is 36.2 Å². The fraction of sp³-hybridized carbons (Fsp3) is 0.308. The fourth-order valence-corrected chi connectivity index (χ4v) is 1.72. The highest BCUT2D eigenvalue weighted by Crippen LogP contribution is 2.25. The topological polar surface area (TPSA) is 63.2 Å². The Morgan fingerprint density at radius 3 is 2.67 bits per heavy atom. The van der Waals surface area contributed by atoms with E-state index in [0.29, 0.717) is 28.7 Å². The van der Waals surface area contributed by atoms with Gasteiger partial charge in [0.05, 0.1) is 4.47 Å². The Labute approximate surface area is 130 Å². The second-order valence-corrected chi connectivity index (χ2v) is 5.20. The molecular formula is C13H15BrFN5O. The standard InChI is InChI=1S/C13H15BrFN5O/c1-4-16-11-17-12(20(2)3)19-13(18-11)21-8-5-6-9(14)10(15)7-8/h5-7H,4H2,1-3H3,(H,16,17,18,19). The second kappa shape index (κ2) is 6.66. The lowest BCUT2D eigenvalue weighted by Gasteiger charge is -2.13. The van der Waals surface area contributed by atoms with Crippen LogP contribution < -0.4 is 15.0 Å². The molecule has 0 atom stereocenters. The number of anilines is 2. The van der Waals surface area contributed by atoms with Crippen molar-refractivity contribution in [3.8, 4) is 11.8 Å². The summed E-state index contributed by atoms with van der Waals surface area (Å²) in [6.45, 7) is 2.60. The van der Waals surface area contributed by atoms with Gasteiger partial charge in [-0.2, -0.15) is 15.0 Å². The molecule has 1 aromatic carbocycles. The largest absolute Gasteiger partial charge is 0.424 e. The minimum atomic E-state index is -0.415. The molecule has 2 aromatic rings. The minimum Gasteiger partial charge on any atom is -0.424 e. The molecule has 0 unspecified atom stereocenters. The highest BCUT2D eigenvalue weighted by molar-refractivity contribution is 9.10. The molecule has 0 aliphatic heterocycles. The quantitative estimate of drug-likeness (QED) is 0.889. The first kappa shape index (κ1) is 15.4. The molecule has 0 aliphatic carbocycles. The van der Waals surface area contributed by atoms with Crippen molar-refractivity contribution < 1.29 is 9.13 Å². The van der Waals surface area contributed by atoms with E-state index in [-0.39, 0.29) is 6.01 Å². The molecule has 0 aliphatic rings. The van der Waals surface area contributed by atoms with Gasteiger partial charge in [0, 0.05) is 26.7 Å². The fourth-order valence-electron chi connectivity index (χ4n) is 1.47. The lowest BCUT2D eigenvalue weighted by Crippen LogP contribution is -2.15. The molecule has 0 amide bonds. The number of nitrogens with zero attached hydrogens (tertiary/aromatic N) is 4. The zero-order valence-corrected chi connectivity index (χ0v) is 13.5. The molecule has 2 rings (SSSR count). The predicted octanol–water partition coefficient (Wildman–Crippen LogP) is 3.06. The van der Waals surface area contributed by atoms with E-state index in [1.807, 2.05) is 21.0 Å². The monoisotopic (exact) mass is 355 g/mol. The van der Waals surface area contributed by atoms with Crippen LogP contribution in [0, 0.1) is 5.82 Å². The summed E-state index contributed by atoms with van der Waals surface area (Å²) in [6.07, 6.45) is 0. The third-order valence-electron chi connectivity index (χ3n) is 2.44. The van der Waals surface area contributed by atoms with E-state index in [1.165, 1.54) is 6.07 Å². The molecule has 0 spiro atoms. The van der Waals surface area contributed by atoms with Crippen LogP contribution >= 0.6 is 15.9 Å². The van der Waals surface area contributed by atoms with Crippen molar-refractivity contribution in [2.75, 3.05) is 30.9 Å². The van der Waals surface area contributed by atoms with E-state index in [0.717, 1.165) is 0 Å². The molecule has 0 radical (unpaired) electrons. The Morgan fingerprint density at radius 2 is 2.05 bits per heavy atom. The van der Waals surface area contributed by atoms with Gasteiger partial charge in [-0.15, -0.1) is 0 Å². The van der Waals surface area contributed by atoms with Crippen LogP contribution in [0.5, 0.6) is 11.8 Å². The van der Waals surface area contributed by atoms with Gasteiger partial charge in [-0.25, -0.2) is 4.39 Å². The van der Waals surface area contributed by atoms with Crippen LogP contribution in [0.15, 0.2) is 22.7 Å². The van der Waals surface area contributed by atoms with Gasteiger partial charge in [-0.3, -0.25) is 0 Å². The molecule has 0 fully saturated rings. The third-order valence-corrected chi connectivity index (χ3v) is 3.08. The van der Waals surface area contributed by atoms with Crippen molar-refractivity contribution in [3.05, 3.63) is 28.5 Å². The summed E-state index contributed by atoms with van der Waals surface area (Å²) < 4.78 is 19.4. The highest BCUT2D eigenvalue weighted by Gasteiger charge is 2.10. The van der Waals surface area contributed by atoms with Crippen LogP contribution in [0.2, 0.25) is 0 Å². The van der Waals surface area contributed by atoms with Gasteiger partial charge in [-0.1, -0.05) is 0 Å². The smallest absolute Gasteiger partial charge is 0.328 e. The van der Waals surface area contributed by atoms with E-state index in [1.54, 1.807) is 17.0 Å². The molecular weight excluding hydrogens is 341 g/mol. The van der Waals surface area contributed by atoms with Crippen LogP contribution in [0.3, 0.4) is 0 Å². The Kier molecular flexibility index (Phi) is 4.89. The number of halogens is 2. The molecule has 6 nitrogen and oxygen atoms in total. The molecule has 1 aromatic heterocycles. The molecule has 21 heavy (non-hydrogen) atoms. The Morgan fingerprint density at radius 1 is 1.29 bits per heavy atom. The maximum absolute atomic E-state index is 13.5. The molecule has 0 saturated carbocycles. The predicted molar refractivity (Wildman–Crippen MR) is 82.5 cm³/mol. The van der Waals surface area contributed by atoms with Crippen LogP contribution in [0.1, 0.15) is 6.92 Å². The molecule has 8 heteroatoms. The maximum Gasteiger partial charge on any atom is 0.328 e. The summed E-state index contributed by atoms with van der Waals surface area (Å²) in [4.78, 5) is 14.3. The summed E-state index contributed by atoms with van der Waals surface area (Å²) >= 11 is 3.09. The summed E-state index contributed by atoms with van der Waals surface area (Å²) in [5.74, 6) is 0.757. The van der Waals surface area contributed by atoms with E-state index < -0.39 is 5.82 Å². The molecule has 0 saturated heterocycles. The first-order chi connectivity index (χ1) is 9.99. The van der Waals surface area contributed by atoms with Crippen molar-refractivity contribution in [1.82, 2.24) is 15.0 Å². The first-order valence-electron chi connectivity index (χ1n) is 6.29. The highest BCUT2D eigenvalue weighted by atomic mass is 79.9. The van der Waals surface area contributed by atoms with Gasteiger partial charge < -0.3 is 15.0 Å². The first-order valence-corrected chi connectivity index (χ1v) is 7.09. The van der Waals surface area contributed by atoms with Crippen LogP contribution in [-0.4, -0.2) is 35.6 Å². The third kappa shape index (κ3) is 4.01. The van der Waals surface area contributed by atoms with Crippen LogP contribution in [0.4, 0.5) is 16.3 Å². The van der Waals surface area contributed by atoms with Crippen molar-refractivity contribution in [2.24, 2.45) is 0 Å². The lowest BCUT2D eigenvalue weighted by atomic mass is 10.3. The number of benzene rings is 1. The Balaban J connectivity index is 2.31. The summed E-state index contributed by atoms with van der Waals surface area (Å²) in [6, 6.07) is 4.55. The average molecular weight is 356 g/mol. The summed E-state index contributed by atoms with van der Waals surface area (Å²) in [5, 5.41) is 3.00. The average Bonchev–Trinajstić information content (AvgIpc) is 2.43. The zero-order chi connectivity index (χ0) is 15.4. The SMILES string of the molecule is CCNc1nc(Oc2ccc(Br)c(F)c2)nc(N(C)C)n1. The summed E-state index contributed by atoms with van der Waals surface area (Å²) in [7, 11) is 3.63. The maximum atomic E-state index is 13.5. The van der Waals surface area contributed by atoms with E-state index in [9.17, 15) is 4.39 Å². The van der Waals surface area contributed by atoms with Crippen LogP contribution in [-0.2, 0) is 0 Å². The van der Waals surface area contributed by atoms with Crippen molar-refractivity contribution >= 4 is 27.8 Å². The van der Waals surface area contributed by atoms with Gasteiger partial charge in [0.1, 0.15) is 11.6 Å². The second-order valence-electron chi connectivity index (χ2n) is 4.34. The van der Waals surface area contributed by atoms with Gasteiger partial charge in [0.25, 0.3) is 0 Å². The lowest BCUT2D eigenvalue weighted by molar-refractivity contribution is 0.436.